The van der Waals surface area contributed by atoms with Gasteiger partial charge in [-0.1, -0.05) is 69.8 Å². The Kier molecular flexibility index (Phi) is 4.75. The number of anilines is 1. The first kappa shape index (κ1) is 16.4. The summed E-state index contributed by atoms with van der Waals surface area (Å²) < 4.78 is 0. The second kappa shape index (κ2) is 6.39. The van der Waals surface area contributed by atoms with Gasteiger partial charge in [0.2, 0.25) is 0 Å². The summed E-state index contributed by atoms with van der Waals surface area (Å²) in [6.07, 6.45) is 0. The fraction of sp³-hybridized carbons (Fsp3) is 0.333. The SMILES string of the molecule is C=C(C)c1ccccc1N(C)Cc1ccc(C(C)(C)C)cc1. The van der Waals surface area contributed by atoms with Crippen LogP contribution in [-0.4, -0.2) is 7.05 Å². The molecule has 2 aromatic carbocycles. The Morgan fingerprint density at radius 3 is 2.14 bits per heavy atom. The molecule has 0 aliphatic heterocycles. The maximum Gasteiger partial charge on any atom is 0.0442 e. The molecule has 2 aromatic rings. The molecule has 1 nitrogen and oxygen atoms in total. The van der Waals surface area contributed by atoms with Gasteiger partial charge in [-0.15, -0.1) is 0 Å². The van der Waals surface area contributed by atoms with Crippen LogP contribution < -0.4 is 4.90 Å². The van der Waals surface area contributed by atoms with Gasteiger partial charge in [-0.25, -0.2) is 0 Å². The van der Waals surface area contributed by atoms with Crippen LogP contribution >= 0.6 is 0 Å². The van der Waals surface area contributed by atoms with Crippen LogP contribution in [0.3, 0.4) is 0 Å². The van der Waals surface area contributed by atoms with Crippen molar-refractivity contribution in [2.24, 2.45) is 0 Å². The molecular weight excluding hydrogens is 266 g/mol. The summed E-state index contributed by atoms with van der Waals surface area (Å²) in [6.45, 7) is 13.8. The van der Waals surface area contributed by atoms with Crippen molar-refractivity contribution >= 4 is 11.3 Å². The molecule has 0 aliphatic carbocycles. The van der Waals surface area contributed by atoms with Gasteiger partial charge in [0.15, 0.2) is 0 Å². The number of benzene rings is 2. The molecular formula is C21H27N. The Morgan fingerprint density at radius 2 is 1.59 bits per heavy atom. The standard InChI is InChI=1S/C21H27N/c1-16(2)19-9-7-8-10-20(19)22(6)15-17-11-13-18(14-12-17)21(3,4)5/h7-14H,1,15H2,2-6H3. The van der Waals surface area contributed by atoms with Crippen LogP contribution in [-0.2, 0) is 12.0 Å². The van der Waals surface area contributed by atoms with Gasteiger partial charge in [-0.05, 0) is 35.1 Å². The van der Waals surface area contributed by atoms with Crippen LogP contribution in [0.5, 0.6) is 0 Å². The van der Waals surface area contributed by atoms with Crippen LogP contribution in [0.25, 0.3) is 5.57 Å². The second-order valence-electron chi connectivity index (χ2n) is 7.10. The third kappa shape index (κ3) is 3.79. The van der Waals surface area contributed by atoms with Gasteiger partial charge < -0.3 is 4.90 Å². The van der Waals surface area contributed by atoms with Crippen molar-refractivity contribution in [3.05, 3.63) is 71.8 Å². The van der Waals surface area contributed by atoms with E-state index in [-0.39, 0.29) is 5.41 Å². The number of rotatable bonds is 4. The molecule has 0 bridgehead atoms. The average molecular weight is 293 g/mol. The minimum Gasteiger partial charge on any atom is -0.370 e. The van der Waals surface area contributed by atoms with Crippen molar-refractivity contribution in [2.75, 3.05) is 11.9 Å². The van der Waals surface area contributed by atoms with E-state index in [0.29, 0.717) is 0 Å². The highest BCUT2D eigenvalue weighted by Gasteiger charge is 2.13. The van der Waals surface area contributed by atoms with E-state index in [1.165, 1.54) is 22.4 Å². The lowest BCUT2D eigenvalue weighted by molar-refractivity contribution is 0.590. The van der Waals surface area contributed by atoms with Gasteiger partial charge >= 0.3 is 0 Å². The van der Waals surface area contributed by atoms with Gasteiger partial charge in [-0.2, -0.15) is 0 Å². The molecule has 0 fully saturated rings. The lowest BCUT2D eigenvalue weighted by Crippen LogP contribution is -2.18. The van der Waals surface area contributed by atoms with Crippen molar-refractivity contribution in [1.29, 1.82) is 0 Å². The van der Waals surface area contributed by atoms with E-state index in [1.54, 1.807) is 0 Å². The second-order valence-corrected chi connectivity index (χ2v) is 7.10. The van der Waals surface area contributed by atoms with E-state index in [2.05, 4.69) is 94.8 Å². The minimum atomic E-state index is 0.205. The van der Waals surface area contributed by atoms with Gasteiger partial charge in [0.1, 0.15) is 0 Å². The zero-order chi connectivity index (χ0) is 16.3. The van der Waals surface area contributed by atoms with Gasteiger partial charge in [0, 0.05) is 24.8 Å². The molecule has 0 saturated heterocycles. The molecule has 22 heavy (non-hydrogen) atoms. The van der Waals surface area contributed by atoms with E-state index >= 15 is 0 Å². The van der Waals surface area contributed by atoms with Crippen molar-refractivity contribution in [3.8, 4) is 0 Å². The number of hydrogen-bond donors (Lipinski definition) is 0. The molecule has 1 heteroatoms. The van der Waals surface area contributed by atoms with E-state index in [1.807, 2.05) is 0 Å². The molecule has 0 aromatic heterocycles. The molecule has 2 rings (SSSR count). The minimum absolute atomic E-state index is 0.205. The Hall–Kier alpha value is -2.02. The van der Waals surface area contributed by atoms with Crippen LogP contribution in [0.15, 0.2) is 55.1 Å². The number of allylic oxidation sites excluding steroid dienone is 1. The van der Waals surface area contributed by atoms with Crippen LogP contribution in [0.4, 0.5) is 5.69 Å². The summed E-state index contributed by atoms with van der Waals surface area (Å²) in [4.78, 5) is 2.29. The van der Waals surface area contributed by atoms with E-state index in [4.69, 9.17) is 0 Å². The molecule has 0 unspecified atom stereocenters. The lowest BCUT2D eigenvalue weighted by Gasteiger charge is -2.24. The summed E-state index contributed by atoms with van der Waals surface area (Å²) in [5.41, 5.74) is 6.46. The Bertz CT molecular complexity index is 644. The first-order chi connectivity index (χ1) is 10.3. The molecule has 0 aliphatic rings. The molecule has 0 saturated carbocycles. The van der Waals surface area contributed by atoms with Crippen molar-refractivity contribution in [3.63, 3.8) is 0 Å². The predicted octanol–water partition coefficient (Wildman–Crippen LogP) is 5.65. The molecule has 0 amide bonds. The van der Waals surface area contributed by atoms with Crippen molar-refractivity contribution in [2.45, 2.75) is 39.7 Å². The van der Waals surface area contributed by atoms with Crippen molar-refractivity contribution in [1.82, 2.24) is 0 Å². The predicted molar refractivity (Wildman–Crippen MR) is 98.4 cm³/mol. The first-order valence-electron chi connectivity index (χ1n) is 7.84. The largest absolute Gasteiger partial charge is 0.370 e. The van der Waals surface area contributed by atoms with Crippen LogP contribution in [0, 0.1) is 0 Å². The average Bonchev–Trinajstić information content (AvgIpc) is 2.46. The monoisotopic (exact) mass is 293 g/mol. The fourth-order valence-corrected chi connectivity index (χ4v) is 2.64. The third-order valence-electron chi connectivity index (χ3n) is 4.01. The van der Waals surface area contributed by atoms with Crippen molar-refractivity contribution < 1.29 is 0 Å². The van der Waals surface area contributed by atoms with Crippen LogP contribution in [0.1, 0.15) is 44.4 Å². The zero-order valence-electron chi connectivity index (χ0n) is 14.5. The molecule has 0 radical (unpaired) electrons. The van der Waals surface area contributed by atoms with Crippen LogP contribution in [0.2, 0.25) is 0 Å². The molecule has 116 valence electrons. The normalized spacial score (nSPS) is 11.3. The molecule has 0 spiro atoms. The molecule has 0 atom stereocenters. The maximum absolute atomic E-state index is 4.09. The summed E-state index contributed by atoms with van der Waals surface area (Å²) in [5, 5.41) is 0. The Labute approximate surface area is 135 Å². The highest BCUT2D eigenvalue weighted by atomic mass is 15.1. The zero-order valence-corrected chi connectivity index (χ0v) is 14.5. The summed E-state index contributed by atoms with van der Waals surface area (Å²) >= 11 is 0. The van der Waals surface area contributed by atoms with Gasteiger partial charge in [-0.3, -0.25) is 0 Å². The lowest BCUT2D eigenvalue weighted by atomic mass is 9.87. The van der Waals surface area contributed by atoms with E-state index in [9.17, 15) is 0 Å². The van der Waals surface area contributed by atoms with Gasteiger partial charge in [0.25, 0.3) is 0 Å². The highest BCUT2D eigenvalue weighted by Crippen LogP contribution is 2.27. The number of hydrogen-bond acceptors (Lipinski definition) is 1. The Morgan fingerprint density at radius 1 is 1.00 bits per heavy atom. The quantitative estimate of drug-likeness (QED) is 0.703. The van der Waals surface area contributed by atoms with E-state index < -0.39 is 0 Å². The molecule has 0 heterocycles. The maximum atomic E-state index is 4.09. The third-order valence-corrected chi connectivity index (χ3v) is 4.01. The smallest absolute Gasteiger partial charge is 0.0442 e. The highest BCUT2D eigenvalue weighted by molar-refractivity contribution is 5.74. The molecule has 0 N–H and O–H groups in total. The fourth-order valence-electron chi connectivity index (χ4n) is 2.64. The summed E-state index contributed by atoms with van der Waals surface area (Å²) in [7, 11) is 2.14. The topological polar surface area (TPSA) is 3.24 Å². The number of nitrogens with zero attached hydrogens (tertiary/aromatic N) is 1. The van der Waals surface area contributed by atoms with E-state index in [0.717, 1.165) is 12.1 Å². The Balaban J connectivity index is 2.19. The summed E-state index contributed by atoms with van der Waals surface area (Å²) in [6, 6.07) is 17.4. The van der Waals surface area contributed by atoms with Gasteiger partial charge in [0.05, 0.1) is 0 Å². The summed E-state index contributed by atoms with van der Waals surface area (Å²) in [5.74, 6) is 0. The number of para-hydroxylation sites is 1. The first-order valence-corrected chi connectivity index (χ1v) is 7.84.